The lowest BCUT2D eigenvalue weighted by atomic mass is 10.1. The van der Waals surface area contributed by atoms with Crippen molar-refractivity contribution in [3.63, 3.8) is 0 Å². The number of fused-ring (bicyclic) bond motifs is 1. The average Bonchev–Trinajstić information content (AvgIpc) is 2.85. The number of esters is 1. The van der Waals surface area contributed by atoms with Gasteiger partial charge in [-0.15, -0.1) is 0 Å². The van der Waals surface area contributed by atoms with Gasteiger partial charge in [0.15, 0.2) is 0 Å². The number of amides is 1. The fourth-order valence-corrected chi connectivity index (χ4v) is 3.50. The minimum atomic E-state index is -0.576. The number of ether oxygens (including phenoxy) is 2. The van der Waals surface area contributed by atoms with E-state index in [-0.39, 0.29) is 5.91 Å². The van der Waals surface area contributed by atoms with Crippen LogP contribution in [0.4, 0.5) is 0 Å². The van der Waals surface area contributed by atoms with E-state index in [9.17, 15) is 9.59 Å². The molecule has 0 unspecified atom stereocenters. The summed E-state index contributed by atoms with van der Waals surface area (Å²) in [6.07, 6.45) is 1.62. The Morgan fingerprint density at radius 3 is 2.61 bits per heavy atom. The number of carbonyl (C=O) groups is 2. The van der Waals surface area contributed by atoms with E-state index < -0.39 is 11.6 Å². The standard InChI is InChI=1S/C21H35N3O4/c1-7-23(13-14-27-6)11-12-24-10-8-9-16-17(19(24)25)15(2)18(22-16)20(26)28-21(3,4)5/h22H,7-14H2,1-6H3. The Labute approximate surface area is 168 Å². The molecule has 0 saturated carbocycles. The summed E-state index contributed by atoms with van der Waals surface area (Å²) in [7, 11) is 1.70. The lowest BCUT2D eigenvalue weighted by Gasteiger charge is -2.26. The molecule has 158 valence electrons. The van der Waals surface area contributed by atoms with E-state index in [1.54, 1.807) is 7.11 Å². The van der Waals surface area contributed by atoms with Gasteiger partial charge in [0, 0.05) is 39.0 Å². The molecule has 7 heteroatoms. The maximum Gasteiger partial charge on any atom is 0.355 e. The minimum absolute atomic E-state index is 0.00106. The molecule has 0 radical (unpaired) electrons. The molecule has 0 fully saturated rings. The third-order valence-corrected chi connectivity index (χ3v) is 5.03. The molecule has 0 aromatic carbocycles. The third-order valence-electron chi connectivity index (χ3n) is 5.03. The molecule has 0 atom stereocenters. The van der Waals surface area contributed by atoms with Gasteiger partial charge in [-0.05, 0) is 52.6 Å². The van der Waals surface area contributed by atoms with Gasteiger partial charge in [0.1, 0.15) is 11.3 Å². The molecule has 2 rings (SSSR count). The predicted molar refractivity (Wildman–Crippen MR) is 109 cm³/mol. The van der Waals surface area contributed by atoms with Crippen molar-refractivity contribution in [2.45, 2.75) is 53.1 Å². The molecule has 1 N–H and O–H groups in total. The van der Waals surface area contributed by atoms with Crippen LogP contribution in [0.2, 0.25) is 0 Å². The minimum Gasteiger partial charge on any atom is -0.455 e. The molecule has 1 aromatic heterocycles. The number of rotatable bonds is 8. The first-order chi connectivity index (χ1) is 13.2. The van der Waals surface area contributed by atoms with E-state index in [0.717, 1.165) is 44.7 Å². The van der Waals surface area contributed by atoms with Crippen LogP contribution in [0, 0.1) is 6.92 Å². The number of aryl methyl sites for hydroxylation is 1. The number of nitrogens with one attached hydrogen (secondary N) is 1. The van der Waals surface area contributed by atoms with Crippen molar-refractivity contribution in [2.75, 3.05) is 46.4 Å². The van der Waals surface area contributed by atoms with Crippen molar-refractivity contribution in [2.24, 2.45) is 0 Å². The van der Waals surface area contributed by atoms with Crippen molar-refractivity contribution >= 4 is 11.9 Å². The highest BCUT2D eigenvalue weighted by molar-refractivity contribution is 6.01. The average molecular weight is 394 g/mol. The Hall–Kier alpha value is -1.86. The van der Waals surface area contributed by atoms with E-state index in [0.29, 0.717) is 30.0 Å². The zero-order chi connectivity index (χ0) is 20.9. The van der Waals surface area contributed by atoms with Crippen LogP contribution in [0.3, 0.4) is 0 Å². The Morgan fingerprint density at radius 1 is 1.29 bits per heavy atom. The monoisotopic (exact) mass is 393 g/mol. The number of carbonyl (C=O) groups excluding carboxylic acids is 2. The highest BCUT2D eigenvalue weighted by Gasteiger charge is 2.31. The number of nitrogens with zero attached hydrogens (tertiary/aromatic N) is 2. The van der Waals surface area contributed by atoms with Gasteiger partial charge in [0.2, 0.25) is 0 Å². The molecular weight excluding hydrogens is 358 g/mol. The lowest BCUT2D eigenvalue weighted by Crippen LogP contribution is -2.39. The van der Waals surface area contributed by atoms with E-state index in [2.05, 4.69) is 16.8 Å². The van der Waals surface area contributed by atoms with Crippen molar-refractivity contribution in [3.05, 3.63) is 22.5 Å². The topological polar surface area (TPSA) is 74.9 Å². The van der Waals surface area contributed by atoms with Crippen molar-refractivity contribution in [1.82, 2.24) is 14.8 Å². The Kier molecular flexibility index (Phi) is 7.66. The van der Waals surface area contributed by atoms with E-state index in [1.165, 1.54) is 0 Å². The second-order valence-electron chi connectivity index (χ2n) is 8.30. The Balaban J connectivity index is 2.15. The number of hydrogen-bond donors (Lipinski definition) is 1. The summed E-state index contributed by atoms with van der Waals surface area (Å²) >= 11 is 0. The molecule has 2 heterocycles. The maximum atomic E-state index is 13.2. The summed E-state index contributed by atoms with van der Waals surface area (Å²) in [5, 5.41) is 0. The molecule has 0 saturated heterocycles. The fourth-order valence-electron chi connectivity index (χ4n) is 3.50. The number of hydrogen-bond acceptors (Lipinski definition) is 5. The summed E-state index contributed by atoms with van der Waals surface area (Å²) in [6.45, 7) is 14.1. The number of H-pyrrole nitrogens is 1. The number of methoxy groups -OCH3 is 1. The summed E-state index contributed by atoms with van der Waals surface area (Å²) < 4.78 is 10.7. The second kappa shape index (κ2) is 9.56. The second-order valence-corrected chi connectivity index (χ2v) is 8.30. The van der Waals surface area contributed by atoms with Gasteiger partial charge in [-0.25, -0.2) is 4.79 Å². The van der Waals surface area contributed by atoms with Crippen LogP contribution in [0.1, 0.15) is 66.2 Å². The quantitative estimate of drug-likeness (QED) is 0.687. The molecule has 0 spiro atoms. The molecule has 7 nitrogen and oxygen atoms in total. The molecular formula is C21H35N3O4. The first-order valence-corrected chi connectivity index (χ1v) is 10.1. The lowest BCUT2D eigenvalue weighted by molar-refractivity contribution is 0.00626. The van der Waals surface area contributed by atoms with Crippen LogP contribution in [0.15, 0.2) is 0 Å². The zero-order valence-electron chi connectivity index (χ0n) is 18.2. The molecule has 1 amide bonds. The zero-order valence-corrected chi connectivity index (χ0v) is 18.2. The summed E-state index contributed by atoms with van der Waals surface area (Å²) in [4.78, 5) is 33.1. The van der Waals surface area contributed by atoms with Gasteiger partial charge in [-0.2, -0.15) is 0 Å². The van der Waals surface area contributed by atoms with Gasteiger partial charge < -0.3 is 19.4 Å². The molecule has 1 aliphatic heterocycles. The van der Waals surface area contributed by atoms with Crippen molar-refractivity contribution in [3.8, 4) is 0 Å². The van der Waals surface area contributed by atoms with Crippen LogP contribution < -0.4 is 0 Å². The Bertz CT molecular complexity index is 691. The van der Waals surface area contributed by atoms with Crippen LogP contribution in [-0.4, -0.2) is 78.7 Å². The van der Waals surface area contributed by atoms with Gasteiger partial charge >= 0.3 is 5.97 Å². The fraction of sp³-hybridized carbons (Fsp3) is 0.714. The van der Waals surface area contributed by atoms with Crippen molar-refractivity contribution < 1.29 is 19.1 Å². The first-order valence-electron chi connectivity index (χ1n) is 10.1. The van der Waals surface area contributed by atoms with Crippen molar-refractivity contribution in [1.29, 1.82) is 0 Å². The van der Waals surface area contributed by atoms with Gasteiger partial charge in [-0.3, -0.25) is 9.69 Å². The van der Waals surface area contributed by atoms with Crippen LogP contribution in [0.25, 0.3) is 0 Å². The van der Waals surface area contributed by atoms with E-state index in [1.807, 2.05) is 32.6 Å². The molecule has 0 aliphatic carbocycles. The highest BCUT2D eigenvalue weighted by Crippen LogP contribution is 2.26. The summed E-state index contributed by atoms with van der Waals surface area (Å²) in [5.41, 5.74) is 1.99. The van der Waals surface area contributed by atoms with Crippen LogP contribution in [0.5, 0.6) is 0 Å². The highest BCUT2D eigenvalue weighted by atomic mass is 16.6. The molecule has 0 bridgehead atoms. The van der Waals surface area contributed by atoms with Crippen LogP contribution >= 0.6 is 0 Å². The smallest absolute Gasteiger partial charge is 0.355 e. The van der Waals surface area contributed by atoms with E-state index in [4.69, 9.17) is 9.47 Å². The number of aromatic amines is 1. The van der Waals surface area contributed by atoms with Crippen LogP contribution in [-0.2, 0) is 15.9 Å². The first kappa shape index (κ1) is 22.4. The molecule has 28 heavy (non-hydrogen) atoms. The van der Waals surface area contributed by atoms with E-state index >= 15 is 0 Å². The maximum absolute atomic E-state index is 13.2. The normalized spacial score (nSPS) is 15.0. The van der Waals surface area contributed by atoms with Gasteiger partial charge in [0.05, 0.1) is 12.2 Å². The summed E-state index contributed by atoms with van der Waals surface area (Å²) in [5.74, 6) is -0.409. The number of likely N-dealkylation sites (N-methyl/N-ethyl adjacent to an activating group) is 1. The molecule has 1 aliphatic rings. The molecule has 1 aromatic rings. The summed E-state index contributed by atoms with van der Waals surface area (Å²) in [6, 6.07) is 0. The van der Waals surface area contributed by atoms with Gasteiger partial charge in [0.25, 0.3) is 5.91 Å². The SMILES string of the molecule is CCN(CCOC)CCN1CCCc2[nH]c(C(=O)OC(C)(C)C)c(C)c2C1=O. The largest absolute Gasteiger partial charge is 0.455 e. The predicted octanol–water partition coefficient (Wildman–Crippen LogP) is 2.64. The number of aromatic nitrogens is 1. The Morgan fingerprint density at radius 2 is 2.00 bits per heavy atom. The third kappa shape index (κ3) is 5.58. The van der Waals surface area contributed by atoms with Gasteiger partial charge in [-0.1, -0.05) is 6.92 Å².